The van der Waals surface area contributed by atoms with Gasteiger partial charge in [-0.1, -0.05) is 30.3 Å². The number of rotatable bonds is 5. The first kappa shape index (κ1) is 19.3. The molecule has 4 aromatic rings. The highest BCUT2D eigenvalue weighted by Crippen LogP contribution is 2.38. The minimum atomic E-state index is -0.612. The number of hydrogen-bond donors (Lipinski definition) is 2. The fourth-order valence-electron chi connectivity index (χ4n) is 3.45. The second-order valence-electron chi connectivity index (χ2n) is 7.14. The summed E-state index contributed by atoms with van der Waals surface area (Å²) in [7, 11) is 0. The van der Waals surface area contributed by atoms with Gasteiger partial charge in [0.15, 0.2) is 0 Å². The summed E-state index contributed by atoms with van der Waals surface area (Å²) < 4.78 is 0. The molecule has 2 aromatic carbocycles. The molecule has 4 rings (SSSR count). The number of anilines is 1. The SMILES string of the molecule is Cc1ccc(NC(c2ccccn2)c2ccc3ccc(C)nc3c2O)c([N+](=O)[O-])c1. The molecule has 0 spiro atoms. The zero-order chi connectivity index (χ0) is 21.3. The molecule has 0 radical (unpaired) electrons. The number of benzene rings is 2. The molecule has 150 valence electrons. The standard InChI is InChI=1S/C23H20N4O3/c1-14-6-11-18(20(13-14)27(29)30)26-22(19-5-3-4-12-24-19)17-10-9-16-8-7-15(2)25-21(16)23(17)28/h3-13,22,26,28H,1-2H3. The van der Waals surface area contributed by atoms with Crippen LogP contribution < -0.4 is 5.32 Å². The Morgan fingerprint density at radius 3 is 2.60 bits per heavy atom. The van der Waals surface area contributed by atoms with Crippen molar-refractivity contribution in [2.24, 2.45) is 0 Å². The van der Waals surface area contributed by atoms with Crippen LogP contribution in [0.1, 0.15) is 28.6 Å². The van der Waals surface area contributed by atoms with Gasteiger partial charge in [0.1, 0.15) is 17.0 Å². The van der Waals surface area contributed by atoms with E-state index >= 15 is 0 Å². The number of nitrogens with one attached hydrogen (secondary N) is 1. The van der Waals surface area contributed by atoms with Gasteiger partial charge in [-0.3, -0.25) is 15.1 Å². The third-order valence-electron chi connectivity index (χ3n) is 4.95. The largest absolute Gasteiger partial charge is 0.505 e. The lowest BCUT2D eigenvalue weighted by molar-refractivity contribution is -0.384. The van der Waals surface area contributed by atoms with Crippen molar-refractivity contribution in [2.75, 3.05) is 5.32 Å². The van der Waals surface area contributed by atoms with Gasteiger partial charge in [-0.05, 0) is 43.7 Å². The molecule has 0 aliphatic rings. The number of nitrogens with zero attached hydrogens (tertiary/aromatic N) is 3. The van der Waals surface area contributed by atoms with Crippen LogP contribution in [0.4, 0.5) is 11.4 Å². The van der Waals surface area contributed by atoms with Crippen LogP contribution in [0, 0.1) is 24.0 Å². The van der Waals surface area contributed by atoms with Crippen molar-refractivity contribution < 1.29 is 10.0 Å². The van der Waals surface area contributed by atoms with E-state index < -0.39 is 11.0 Å². The summed E-state index contributed by atoms with van der Waals surface area (Å²) in [5.74, 6) is 0.0223. The lowest BCUT2D eigenvalue weighted by Crippen LogP contribution is -2.15. The minimum absolute atomic E-state index is 0.0223. The zero-order valence-electron chi connectivity index (χ0n) is 16.5. The Kier molecular flexibility index (Phi) is 5.02. The van der Waals surface area contributed by atoms with Gasteiger partial charge in [0, 0.05) is 28.9 Å². The second kappa shape index (κ2) is 7.79. The number of phenols is 1. The molecular weight excluding hydrogens is 380 g/mol. The molecule has 0 aliphatic heterocycles. The summed E-state index contributed by atoms with van der Waals surface area (Å²) in [6, 6.07) is 17.3. The minimum Gasteiger partial charge on any atom is -0.505 e. The first-order valence-electron chi connectivity index (χ1n) is 9.46. The predicted molar refractivity (Wildman–Crippen MR) is 116 cm³/mol. The molecule has 2 aromatic heterocycles. The first-order chi connectivity index (χ1) is 14.4. The molecule has 2 heterocycles. The van der Waals surface area contributed by atoms with Crippen LogP contribution in [-0.4, -0.2) is 20.0 Å². The number of nitro groups is 1. The molecular formula is C23H20N4O3. The monoisotopic (exact) mass is 400 g/mol. The van der Waals surface area contributed by atoms with Crippen molar-refractivity contribution in [1.82, 2.24) is 9.97 Å². The lowest BCUT2D eigenvalue weighted by atomic mass is 9.99. The van der Waals surface area contributed by atoms with Gasteiger partial charge in [0.2, 0.25) is 0 Å². The number of pyridine rings is 2. The second-order valence-corrected chi connectivity index (χ2v) is 7.14. The number of hydrogen-bond acceptors (Lipinski definition) is 6. The Hall–Kier alpha value is -4.00. The molecule has 2 N–H and O–H groups in total. The summed E-state index contributed by atoms with van der Waals surface area (Å²) in [4.78, 5) is 20.1. The van der Waals surface area contributed by atoms with Crippen LogP contribution in [0.25, 0.3) is 10.9 Å². The Morgan fingerprint density at radius 1 is 1.07 bits per heavy atom. The van der Waals surface area contributed by atoms with E-state index in [2.05, 4.69) is 15.3 Å². The first-order valence-corrected chi connectivity index (χ1v) is 9.46. The Balaban J connectivity index is 1.88. The van der Waals surface area contributed by atoms with Crippen LogP contribution in [0.5, 0.6) is 5.75 Å². The van der Waals surface area contributed by atoms with E-state index in [4.69, 9.17) is 0 Å². The third kappa shape index (κ3) is 3.65. The molecule has 0 bridgehead atoms. The fourth-order valence-corrected chi connectivity index (χ4v) is 3.45. The van der Waals surface area contributed by atoms with E-state index in [1.807, 2.05) is 37.3 Å². The van der Waals surface area contributed by atoms with Crippen molar-refractivity contribution in [3.05, 3.63) is 99.5 Å². The van der Waals surface area contributed by atoms with E-state index in [1.165, 1.54) is 6.07 Å². The van der Waals surface area contributed by atoms with Crippen LogP contribution >= 0.6 is 0 Å². The van der Waals surface area contributed by atoms with Crippen molar-refractivity contribution in [3.8, 4) is 5.75 Å². The van der Waals surface area contributed by atoms with E-state index in [1.54, 1.807) is 37.4 Å². The van der Waals surface area contributed by atoms with Crippen LogP contribution in [0.15, 0.2) is 66.9 Å². The summed E-state index contributed by atoms with van der Waals surface area (Å²) in [6.07, 6.45) is 1.65. The maximum Gasteiger partial charge on any atom is 0.292 e. The van der Waals surface area contributed by atoms with Gasteiger partial charge in [-0.25, -0.2) is 4.98 Å². The maximum atomic E-state index is 11.6. The number of phenolic OH excluding ortho intramolecular Hbond substituents is 1. The molecule has 7 heteroatoms. The topological polar surface area (TPSA) is 101 Å². The Bertz CT molecular complexity index is 1240. The molecule has 30 heavy (non-hydrogen) atoms. The van der Waals surface area contributed by atoms with Crippen molar-refractivity contribution in [1.29, 1.82) is 0 Å². The molecule has 0 saturated heterocycles. The molecule has 1 unspecified atom stereocenters. The van der Waals surface area contributed by atoms with E-state index in [9.17, 15) is 15.2 Å². The predicted octanol–water partition coefficient (Wildman–Crippen LogP) is 5.06. The van der Waals surface area contributed by atoms with Crippen molar-refractivity contribution >= 4 is 22.3 Å². The van der Waals surface area contributed by atoms with Gasteiger partial charge < -0.3 is 10.4 Å². The van der Waals surface area contributed by atoms with Crippen molar-refractivity contribution in [2.45, 2.75) is 19.9 Å². The van der Waals surface area contributed by atoms with Crippen LogP contribution in [0.3, 0.4) is 0 Å². The summed E-state index contributed by atoms with van der Waals surface area (Å²) in [5.41, 5.74) is 3.52. The van der Waals surface area contributed by atoms with Gasteiger partial charge in [-0.15, -0.1) is 0 Å². The van der Waals surface area contributed by atoms with E-state index in [-0.39, 0.29) is 11.4 Å². The van der Waals surface area contributed by atoms with Crippen LogP contribution in [0.2, 0.25) is 0 Å². The number of aryl methyl sites for hydroxylation is 2. The maximum absolute atomic E-state index is 11.6. The Labute approximate surface area is 173 Å². The van der Waals surface area contributed by atoms with Gasteiger partial charge >= 0.3 is 0 Å². The van der Waals surface area contributed by atoms with Crippen molar-refractivity contribution in [3.63, 3.8) is 0 Å². The fraction of sp³-hybridized carbons (Fsp3) is 0.130. The summed E-state index contributed by atoms with van der Waals surface area (Å²) >= 11 is 0. The number of aromatic hydroxyl groups is 1. The van der Waals surface area contributed by atoms with E-state index in [0.717, 1.165) is 16.6 Å². The molecule has 0 fully saturated rings. The highest BCUT2D eigenvalue weighted by atomic mass is 16.6. The van der Waals surface area contributed by atoms with Gasteiger partial charge in [0.05, 0.1) is 16.7 Å². The number of aromatic nitrogens is 2. The molecule has 1 atom stereocenters. The smallest absolute Gasteiger partial charge is 0.292 e. The molecule has 0 aliphatic carbocycles. The normalized spacial score (nSPS) is 11.9. The quantitative estimate of drug-likeness (QED) is 0.359. The zero-order valence-corrected chi connectivity index (χ0v) is 16.5. The average molecular weight is 400 g/mol. The highest BCUT2D eigenvalue weighted by molar-refractivity contribution is 5.86. The summed E-state index contributed by atoms with van der Waals surface area (Å²) in [6.45, 7) is 3.66. The molecule has 7 nitrogen and oxygen atoms in total. The van der Waals surface area contributed by atoms with E-state index in [0.29, 0.717) is 22.5 Å². The average Bonchev–Trinajstić information content (AvgIpc) is 2.74. The number of fused-ring (bicyclic) bond motifs is 1. The molecule has 0 amide bonds. The third-order valence-corrected chi connectivity index (χ3v) is 4.95. The van der Waals surface area contributed by atoms with Gasteiger partial charge in [0.25, 0.3) is 5.69 Å². The number of nitro benzene ring substituents is 1. The molecule has 0 saturated carbocycles. The van der Waals surface area contributed by atoms with Crippen LogP contribution in [-0.2, 0) is 0 Å². The van der Waals surface area contributed by atoms with Gasteiger partial charge in [-0.2, -0.15) is 0 Å². The lowest BCUT2D eigenvalue weighted by Gasteiger charge is -2.21. The summed E-state index contributed by atoms with van der Waals surface area (Å²) in [5, 5.41) is 26.7. The Morgan fingerprint density at radius 2 is 1.87 bits per heavy atom. The highest BCUT2D eigenvalue weighted by Gasteiger charge is 2.24.